The summed E-state index contributed by atoms with van der Waals surface area (Å²) in [6.45, 7) is 0.598. The van der Waals surface area contributed by atoms with Crippen molar-refractivity contribution >= 4 is 11.5 Å². The van der Waals surface area contributed by atoms with E-state index in [4.69, 9.17) is 11.1 Å². The van der Waals surface area contributed by atoms with Crippen molar-refractivity contribution in [1.29, 1.82) is 5.41 Å². The highest BCUT2D eigenvalue weighted by atomic mass is 19.1. The molecule has 1 rings (SSSR count). The second-order valence-corrected chi connectivity index (χ2v) is 2.71. The van der Waals surface area contributed by atoms with Crippen molar-refractivity contribution in [1.82, 2.24) is 0 Å². The molecular formula is C9H12FN3. The first-order chi connectivity index (χ1) is 6.18. The van der Waals surface area contributed by atoms with Gasteiger partial charge in [-0.15, -0.1) is 0 Å². The lowest BCUT2D eigenvalue weighted by molar-refractivity contribution is 0.628. The fraction of sp³-hybridized carbons (Fsp3) is 0.222. The third-order valence-corrected chi connectivity index (χ3v) is 1.57. The molecule has 0 aliphatic rings. The second kappa shape index (κ2) is 4.45. The Morgan fingerprint density at radius 2 is 2.00 bits per heavy atom. The van der Waals surface area contributed by atoms with Crippen LogP contribution >= 0.6 is 0 Å². The van der Waals surface area contributed by atoms with Crippen molar-refractivity contribution in [3.63, 3.8) is 0 Å². The number of nitrogens with two attached hydrogens (primary N) is 1. The molecule has 0 spiro atoms. The summed E-state index contributed by atoms with van der Waals surface area (Å²) in [7, 11) is 0. The Kier molecular flexibility index (Phi) is 3.25. The molecule has 0 atom stereocenters. The number of anilines is 1. The third-order valence-electron chi connectivity index (χ3n) is 1.57. The van der Waals surface area contributed by atoms with E-state index in [1.165, 1.54) is 12.1 Å². The zero-order chi connectivity index (χ0) is 9.68. The molecule has 1 aromatic rings. The largest absolute Gasteiger partial charge is 0.388 e. The van der Waals surface area contributed by atoms with Crippen LogP contribution in [0.15, 0.2) is 24.3 Å². The van der Waals surface area contributed by atoms with Crippen molar-refractivity contribution in [3.8, 4) is 0 Å². The molecule has 3 nitrogen and oxygen atoms in total. The number of nitrogens with one attached hydrogen (secondary N) is 2. The summed E-state index contributed by atoms with van der Waals surface area (Å²) in [5, 5.41) is 9.99. The second-order valence-electron chi connectivity index (χ2n) is 2.71. The molecule has 4 heteroatoms. The molecule has 0 saturated heterocycles. The monoisotopic (exact) mass is 181 g/mol. The third kappa shape index (κ3) is 3.55. The van der Waals surface area contributed by atoms with Gasteiger partial charge in [0.05, 0.1) is 5.84 Å². The van der Waals surface area contributed by atoms with Gasteiger partial charge >= 0.3 is 0 Å². The average Bonchev–Trinajstić information content (AvgIpc) is 2.08. The predicted molar refractivity (Wildman–Crippen MR) is 51.4 cm³/mol. The Hall–Kier alpha value is -1.58. The van der Waals surface area contributed by atoms with E-state index in [9.17, 15) is 4.39 Å². The van der Waals surface area contributed by atoms with E-state index in [1.807, 2.05) is 0 Å². The van der Waals surface area contributed by atoms with Gasteiger partial charge in [0.25, 0.3) is 0 Å². The van der Waals surface area contributed by atoms with Gasteiger partial charge in [0.15, 0.2) is 0 Å². The van der Waals surface area contributed by atoms with Crippen LogP contribution < -0.4 is 11.1 Å². The fourth-order valence-corrected chi connectivity index (χ4v) is 0.909. The number of hydrogen-bond acceptors (Lipinski definition) is 2. The molecule has 0 amide bonds. The summed E-state index contributed by atoms with van der Waals surface area (Å²) in [5.74, 6) is -0.105. The maximum Gasteiger partial charge on any atom is 0.123 e. The molecule has 1 aromatic carbocycles. The molecule has 0 fully saturated rings. The van der Waals surface area contributed by atoms with Crippen LogP contribution in [0, 0.1) is 11.2 Å². The highest BCUT2D eigenvalue weighted by molar-refractivity contribution is 5.77. The van der Waals surface area contributed by atoms with Crippen molar-refractivity contribution in [2.24, 2.45) is 5.73 Å². The van der Waals surface area contributed by atoms with Crippen molar-refractivity contribution < 1.29 is 4.39 Å². The lowest BCUT2D eigenvalue weighted by Gasteiger charge is -2.04. The van der Waals surface area contributed by atoms with E-state index in [2.05, 4.69) is 5.32 Å². The average molecular weight is 181 g/mol. The van der Waals surface area contributed by atoms with Crippen LogP contribution in [-0.2, 0) is 0 Å². The molecule has 0 aromatic heterocycles. The minimum Gasteiger partial charge on any atom is -0.388 e. The van der Waals surface area contributed by atoms with Gasteiger partial charge in [-0.2, -0.15) is 0 Å². The topological polar surface area (TPSA) is 61.9 Å². The summed E-state index contributed by atoms with van der Waals surface area (Å²) in [4.78, 5) is 0. The molecule has 13 heavy (non-hydrogen) atoms. The first-order valence-electron chi connectivity index (χ1n) is 4.01. The molecule has 0 unspecified atom stereocenters. The van der Waals surface area contributed by atoms with Crippen LogP contribution in [0.4, 0.5) is 10.1 Å². The van der Waals surface area contributed by atoms with Gasteiger partial charge in [-0.25, -0.2) is 4.39 Å². The summed E-state index contributed by atoms with van der Waals surface area (Å²) < 4.78 is 12.5. The van der Waals surface area contributed by atoms with Gasteiger partial charge < -0.3 is 11.1 Å². The standard InChI is InChI=1S/C9H12FN3/c10-7-1-3-8(4-2-7)13-6-5-9(11)12/h1-4,13H,5-6H2,(H3,11,12). The smallest absolute Gasteiger partial charge is 0.123 e. The van der Waals surface area contributed by atoms with E-state index >= 15 is 0 Å². The number of rotatable bonds is 4. The van der Waals surface area contributed by atoms with E-state index in [0.29, 0.717) is 13.0 Å². The number of hydrogen-bond donors (Lipinski definition) is 3. The molecule has 0 heterocycles. The summed E-state index contributed by atoms with van der Waals surface area (Å²) >= 11 is 0. The number of benzene rings is 1. The zero-order valence-corrected chi connectivity index (χ0v) is 7.18. The first-order valence-corrected chi connectivity index (χ1v) is 4.01. The van der Waals surface area contributed by atoms with Gasteiger partial charge in [-0.05, 0) is 24.3 Å². The van der Waals surface area contributed by atoms with Crippen LogP contribution in [-0.4, -0.2) is 12.4 Å². The van der Waals surface area contributed by atoms with Crippen molar-refractivity contribution in [2.75, 3.05) is 11.9 Å². The molecule has 0 aliphatic heterocycles. The van der Waals surface area contributed by atoms with Crippen LogP contribution in [0.25, 0.3) is 0 Å². The lowest BCUT2D eigenvalue weighted by Crippen LogP contribution is -2.15. The maximum absolute atomic E-state index is 12.5. The molecule has 70 valence electrons. The maximum atomic E-state index is 12.5. The highest BCUT2D eigenvalue weighted by Gasteiger charge is 1.93. The minimum atomic E-state index is -0.253. The number of halogens is 1. The normalized spacial score (nSPS) is 9.62. The van der Waals surface area contributed by atoms with Crippen LogP contribution in [0.3, 0.4) is 0 Å². The van der Waals surface area contributed by atoms with Crippen LogP contribution in [0.5, 0.6) is 0 Å². The molecular weight excluding hydrogens is 169 g/mol. The van der Waals surface area contributed by atoms with E-state index in [1.54, 1.807) is 12.1 Å². The van der Waals surface area contributed by atoms with Gasteiger partial charge in [-0.1, -0.05) is 0 Å². The van der Waals surface area contributed by atoms with Crippen LogP contribution in [0.1, 0.15) is 6.42 Å². The minimum absolute atomic E-state index is 0.148. The molecule has 0 aliphatic carbocycles. The molecule has 0 saturated carbocycles. The Morgan fingerprint density at radius 3 is 2.54 bits per heavy atom. The SMILES string of the molecule is N=C(N)CCNc1ccc(F)cc1. The van der Waals surface area contributed by atoms with Crippen molar-refractivity contribution in [3.05, 3.63) is 30.1 Å². The first kappa shape index (κ1) is 9.51. The van der Waals surface area contributed by atoms with Gasteiger partial charge in [0.1, 0.15) is 5.82 Å². The van der Waals surface area contributed by atoms with Crippen LogP contribution in [0.2, 0.25) is 0 Å². The lowest BCUT2D eigenvalue weighted by atomic mass is 10.3. The Balaban J connectivity index is 2.37. The Morgan fingerprint density at radius 1 is 1.38 bits per heavy atom. The predicted octanol–water partition coefficient (Wildman–Crippen LogP) is 1.56. The Labute approximate surface area is 76.3 Å². The van der Waals surface area contributed by atoms with Crippen molar-refractivity contribution in [2.45, 2.75) is 6.42 Å². The van der Waals surface area contributed by atoms with E-state index < -0.39 is 0 Å². The van der Waals surface area contributed by atoms with Gasteiger partial charge in [-0.3, -0.25) is 5.41 Å². The molecule has 4 N–H and O–H groups in total. The summed E-state index contributed by atoms with van der Waals surface area (Å²) in [6, 6.07) is 6.07. The fourth-order valence-electron chi connectivity index (χ4n) is 0.909. The van der Waals surface area contributed by atoms with E-state index in [-0.39, 0.29) is 11.7 Å². The Bertz CT molecular complexity index is 281. The molecule has 0 radical (unpaired) electrons. The van der Waals surface area contributed by atoms with E-state index in [0.717, 1.165) is 5.69 Å². The zero-order valence-electron chi connectivity index (χ0n) is 7.18. The number of amidine groups is 1. The van der Waals surface area contributed by atoms with Gasteiger partial charge in [0.2, 0.25) is 0 Å². The molecule has 0 bridgehead atoms. The van der Waals surface area contributed by atoms with Gasteiger partial charge in [0, 0.05) is 18.7 Å². The summed E-state index contributed by atoms with van der Waals surface area (Å²) in [6.07, 6.45) is 0.497. The quantitative estimate of drug-likeness (QED) is 0.487. The highest BCUT2D eigenvalue weighted by Crippen LogP contribution is 2.07. The summed E-state index contributed by atoms with van der Waals surface area (Å²) in [5.41, 5.74) is 6.00.